The van der Waals surface area contributed by atoms with Crippen LogP contribution in [0.25, 0.3) is 5.57 Å². The topological polar surface area (TPSA) is 15.7 Å². The van der Waals surface area contributed by atoms with Crippen molar-refractivity contribution in [3.05, 3.63) is 41.0 Å². The van der Waals surface area contributed by atoms with Gasteiger partial charge in [-0.2, -0.15) is 0 Å². The Hall–Kier alpha value is -1.16. The molecule has 0 amide bonds. The van der Waals surface area contributed by atoms with Gasteiger partial charge in [0, 0.05) is 32.7 Å². The average molecular weight is 312 g/mol. The molecule has 1 unspecified atom stereocenters. The van der Waals surface area contributed by atoms with Gasteiger partial charge >= 0.3 is 0 Å². The van der Waals surface area contributed by atoms with Crippen molar-refractivity contribution in [1.82, 2.24) is 9.80 Å². The monoisotopic (exact) mass is 312 g/mol. The van der Waals surface area contributed by atoms with Crippen molar-refractivity contribution < 1.29 is 4.74 Å². The molecule has 124 valence electrons. The quantitative estimate of drug-likeness (QED) is 0.853. The Morgan fingerprint density at radius 2 is 1.91 bits per heavy atom. The summed E-state index contributed by atoms with van der Waals surface area (Å²) >= 11 is 0. The van der Waals surface area contributed by atoms with Gasteiger partial charge in [0.15, 0.2) is 0 Å². The van der Waals surface area contributed by atoms with Crippen molar-refractivity contribution in [3.8, 4) is 0 Å². The van der Waals surface area contributed by atoms with Crippen LogP contribution >= 0.6 is 0 Å². The summed E-state index contributed by atoms with van der Waals surface area (Å²) in [5.74, 6) is 0. The largest absolute Gasteiger partial charge is 0.371 e. The number of likely N-dealkylation sites (N-methyl/N-ethyl adjacent to an activating group) is 1. The Morgan fingerprint density at radius 1 is 1.13 bits per heavy atom. The van der Waals surface area contributed by atoms with Gasteiger partial charge in [0.1, 0.15) is 0 Å². The van der Waals surface area contributed by atoms with Gasteiger partial charge in [-0.15, -0.1) is 0 Å². The van der Waals surface area contributed by atoms with E-state index in [4.69, 9.17) is 4.74 Å². The van der Waals surface area contributed by atoms with Crippen molar-refractivity contribution in [2.45, 2.75) is 31.8 Å². The third-order valence-corrected chi connectivity index (χ3v) is 5.99. The smallest absolute Gasteiger partial charge is 0.0884 e. The third kappa shape index (κ3) is 2.86. The van der Waals surface area contributed by atoms with Crippen LogP contribution in [0.1, 0.15) is 30.9 Å². The summed E-state index contributed by atoms with van der Waals surface area (Å²) in [7, 11) is 2.22. The second-order valence-corrected chi connectivity index (χ2v) is 7.52. The van der Waals surface area contributed by atoms with Gasteiger partial charge in [-0.1, -0.05) is 24.3 Å². The first-order valence-corrected chi connectivity index (χ1v) is 9.01. The fourth-order valence-corrected chi connectivity index (χ4v) is 4.35. The van der Waals surface area contributed by atoms with E-state index < -0.39 is 0 Å². The second-order valence-electron chi connectivity index (χ2n) is 7.52. The first-order chi connectivity index (χ1) is 11.2. The Balaban J connectivity index is 1.49. The van der Waals surface area contributed by atoms with Crippen LogP contribution in [-0.4, -0.2) is 61.8 Å². The highest BCUT2D eigenvalue weighted by atomic mass is 16.5. The van der Waals surface area contributed by atoms with Crippen molar-refractivity contribution in [3.63, 3.8) is 0 Å². The van der Waals surface area contributed by atoms with E-state index in [9.17, 15) is 0 Å². The van der Waals surface area contributed by atoms with Gasteiger partial charge in [-0.25, -0.2) is 0 Å². The Labute approximate surface area is 139 Å². The minimum Gasteiger partial charge on any atom is -0.371 e. The molecule has 3 aliphatic rings. The molecule has 0 spiro atoms. The van der Waals surface area contributed by atoms with Crippen LogP contribution in [0.3, 0.4) is 0 Å². The van der Waals surface area contributed by atoms with Crippen molar-refractivity contribution in [2.75, 3.05) is 46.4 Å². The molecule has 1 saturated heterocycles. The molecule has 23 heavy (non-hydrogen) atoms. The maximum absolute atomic E-state index is 6.33. The fourth-order valence-electron chi connectivity index (χ4n) is 4.35. The molecule has 2 heterocycles. The van der Waals surface area contributed by atoms with E-state index in [1.165, 1.54) is 37.3 Å². The van der Waals surface area contributed by atoms with Crippen LogP contribution in [-0.2, 0) is 11.2 Å². The van der Waals surface area contributed by atoms with Crippen LogP contribution in [0.5, 0.6) is 0 Å². The lowest BCUT2D eigenvalue weighted by molar-refractivity contribution is -0.0224. The minimum atomic E-state index is -0.0735. The van der Waals surface area contributed by atoms with Crippen molar-refractivity contribution in [2.24, 2.45) is 0 Å². The zero-order chi connectivity index (χ0) is 15.9. The Bertz CT molecular complexity index is 616. The van der Waals surface area contributed by atoms with Gasteiger partial charge in [0.2, 0.25) is 0 Å². The number of ether oxygens (including phenoxy) is 1. The van der Waals surface area contributed by atoms with E-state index in [1.807, 2.05) is 0 Å². The van der Waals surface area contributed by atoms with Crippen LogP contribution < -0.4 is 0 Å². The summed E-state index contributed by atoms with van der Waals surface area (Å²) in [5, 5.41) is 0. The highest BCUT2D eigenvalue weighted by molar-refractivity contribution is 5.78. The average Bonchev–Trinajstić information content (AvgIpc) is 2.95. The molecule has 0 N–H and O–H groups in total. The molecule has 3 nitrogen and oxygen atoms in total. The summed E-state index contributed by atoms with van der Waals surface area (Å²) in [5.41, 5.74) is 6.04. The van der Waals surface area contributed by atoms with E-state index >= 15 is 0 Å². The predicted molar refractivity (Wildman–Crippen MR) is 94.6 cm³/mol. The van der Waals surface area contributed by atoms with Crippen molar-refractivity contribution >= 4 is 5.57 Å². The standard InChI is InChI=1S/C20H28N2O/c1-20(8-9-22-12-10-21(2)11-13-22)19-15-16-5-3-4-6-17(16)18(19)7-14-23-20/h3-6H,7-15H2,1-2H3. The first kappa shape index (κ1) is 15.4. The normalized spacial score (nSPS) is 28.8. The lowest BCUT2D eigenvalue weighted by Gasteiger charge is -2.39. The molecule has 2 aliphatic heterocycles. The second kappa shape index (κ2) is 6.04. The summed E-state index contributed by atoms with van der Waals surface area (Å²) < 4.78 is 6.33. The molecule has 3 heteroatoms. The van der Waals surface area contributed by atoms with E-state index in [2.05, 4.69) is 48.0 Å². The fraction of sp³-hybridized carbons (Fsp3) is 0.600. The number of hydrogen-bond acceptors (Lipinski definition) is 3. The molecule has 1 aliphatic carbocycles. The van der Waals surface area contributed by atoms with E-state index in [-0.39, 0.29) is 5.60 Å². The lowest BCUT2D eigenvalue weighted by Crippen LogP contribution is -2.47. The van der Waals surface area contributed by atoms with Gasteiger partial charge in [-0.05, 0) is 55.5 Å². The molecule has 4 rings (SSSR count). The van der Waals surface area contributed by atoms with Crippen LogP contribution in [0.15, 0.2) is 29.8 Å². The minimum absolute atomic E-state index is 0.0735. The third-order valence-electron chi connectivity index (χ3n) is 5.99. The molecule has 1 aromatic rings. The molecule has 0 saturated carbocycles. The Kier molecular flexibility index (Phi) is 4.04. The lowest BCUT2D eigenvalue weighted by atomic mass is 9.85. The van der Waals surface area contributed by atoms with E-state index in [0.29, 0.717) is 0 Å². The molecular formula is C20H28N2O. The zero-order valence-corrected chi connectivity index (χ0v) is 14.5. The first-order valence-electron chi connectivity index (χ1n) is 9.01. The molecule has 0 aromatic heterocycles. The van der Waals surface area contributed by atoms with E-state index in [1.54, 1.807) is 11.1 Å². The maximum atomic E-state index is 6.33. The number of fused-ring (bicyclic) bond motifs is 2. The number of nitrogens with zero attached hydrogens (tertiary/aromatic N) is 2. The summed E-state index contributed by atoms with van der Waals surface area (Å²) in [6.45, 7) is 9.11. The SMILES string of the molecule is CN1CCN(CCC2(C)OCCC3=C2Cc2ccccc23)CC1. The van der Waals surface area contributed by atoms with Crippen LogP contribution in [0.4, 0.5) is 0 Å². The highest BCUT2D eigenvalue weighted by Crippen LogP contribution is 2.45. The molecule has 1 aromatic carbocycles. The van der Waals surface area contributed by atoms with Crippen LogP contribution in [0, 0.1) is 0 Å². The van der Waals surface area contributed by atoms with Crippen LogP contribution in [0.2, 0.25) is 0 Å². The van der Waals surface area contributed by atoms with Gasteiger partial charge in [0.05, 0.1) is 12.2 Å². The van der Waals surface area contributed by atoms with Gasteiger partial charge < -0.3 is 14.5 Å². The van der Waals surface area contributed by atoms with Gasteiger partial charge in [0.25, 0.3) is 0 Å². The molecule has 1 atom stereocenters. The maximum Gasteiger partial charge on any atom is 0.0884 e. The molecule has 1 fully saturated rings. The number of piperazine rings is 1. The summed E-state index contributed by atoms with van der Waals surface area (Å²) in [4.78, 5) is 5.02. The highest BCUT2D eigenvalue weighted by Gasteiger charge is 2.39. The van der Waals surface area contributed by atoms with Gasteiger partial charge in [-0.3, -0.25) is 0 Å². The molecule has 0 radical (unpaired) electrons. The summed E-state index contributed by atoms with van der Waals surface area (Å²) in [6, 6.07) is 8.92. The predicted octanol–water partition coefficient (Wildman–Crippen LogP) is 2.81. The zero-order valence-electron chi connectivity index (χ0n) is 14.5. The van der Waals surface area contributed by atoms with E-state index in [0.717, 1.165) is 32.4 Å². The number of rotatable bonds is 3. The Morgan fingerprint density at radius 3 is 2.74 bits per heavy atom. The number of benzene rings is 1. The van der Waals surface area contributed by atoms with Crippen molar-refractivity contribution in [1.29, 1.82) is 0 Å². The molecular weight excluding hydrogens is 284 g/mol. The molecule has 0 bridgehead atoms. The number of hydrogen-bond donors (Lipinski definition) is 0. The summed E-state index contributed by atoms with van der Waals surface area (Å²) in [6.07, 6.45) is 3.28.